The zero-order valence-corrected chi connectivity index (χ0v) is 13.0. The Kier molecular flexibility index (Phi) is 9.59. The number of hydrogen-bond acceptors (Lipinski definition) is 4. The van der Waals surface area contributed by atoms with E-state index in [1.54, 1.807) is 14.2 Å². The predicted octanol–water partition coefficient (Wildman–Crippen LogP) is 1.39. The van der Waals surface area contributed by atoms with Gasteiger partial charge in [-0.2, -0.15) is 0 Å². The van der Waals surface area contributed by atoms with Crippen molar-refractivity contribution >= 4 is 18.3 Å². The van der Waals surface area contributed by atoms with Gasteiger partial charge in [-0.05, 0) is 37.2 Å². The van der Waals surface area contributed by atoms with Gasteiger partial charge in [0.05, 0.1) is 14.2 Å². The number of aryl methyl sites for hydroxylation is 1. The number of halogens is 1. The smallest absolute Gasteiger partial charge is 0.220 e. The number of nitrogens with one attached hydrogen (secondary N) is 2. The fourth-order valence-electron chi connectivity index (χ4n) is 1.74. The van der Waals surface area contributed by atoms with Gasteiger partial charge < -0.3 is 20.1 Å². The van der Waals surface area contributed by atoms with Gasteiger partial charge >= 0.3 is 0 Å². The second-order valence-electron chi connectivity index (χ2n) is 4.13. The molecule has 0 bridgehead atoms. The third-order valence-electron chi connectivity index (χ3n) is 2.81. The Morgan fingerprint density at radius 2 is 1.95 bits per heavy atom. The Bertz CT molecular complexity index is 413. The van der Waals surface area contributed by atoms with Crippen LogP contribution >= 0.6 is 12.4 Å². The van der Waals surface area contributed by atoms with Crippen LogP contribution < -0.4 is 20.1 Å². The van der Waals surface area contributed by atoms with Gasteiger partial charge in [-0.15, -0.1) is 12.4 Å². The summed E-state index contributed by atoms with van der Waals surface area (Å²) in [7, 11) is 5.10. The summed E-state index contributed by atoms with van der Waals surface area (Å²) < 4.78 is 10.5. The Hall–Kier alpha value is -1.46. The zero-order chi connectivity index (χ0) is 14.1. The number of carbonyl (C=O) groups is 1. The van der Waals surface area contributed by atoms with Gasteiger partial charge in [0, 0.05) is 19.5 Å². The fraction of sp³-hybridized carbons (Fsp3) is 0.500. The molecule has 20 heavy (non-hydrogen) atoms. The van der Waals surface area contributed by atoms with Crippen LogP contribution in [0.15, 0.2) is 18.2 Å². The highest BCUT2D eigenvalue weighted by atomic mass is 35.5. The van der Waals surface area contributed by atoms with Gasteiger partial charge in [0.2, 0.25) is 5.91 Å². The lowest BCUT2D eigenvalue weighted by Gasteiger charge is -2.10. The van der Waals surface area contributed by atoms with E-state index in [9.17, 15) is 4.79 Å². The van der Waals surface area contributed by atoms with Crippen LogP contribution in [-0.2, 0) is 11.2 Å². The summed E-state index contributed by atoms with van der Waals surface area (Å²) in [5, 5.41) is 5.83. The van der Waals surface area contributed by atoms with Crippen molar-refractivity contribution in [3.8, 4) is 11.5 Å². The molecule has 0 spiro atoms. The first-order valence-corrected chi connectivity index (χ1v) is 6.33. The van der Waals surface area contributed by atoms with Crippen LogP contribution in [0, 0.1) is 0 Å². The molecule has 1 amide bonds. The highest BCUT2D eigenvalue weighted by Gasteiger charge is 2.08. The van der Waals surface area contributed by atoms with Crippen molar-refractivity contribution in [3.63, 3.8) is 0 Å². The van der Waals surface area contributed by atoms with Crippen LogP contribution in [0.4, 0.5) is 0 Å². The maximum atomic E-state index is 11.6. The largest absolute Gasteiger partial charge is 0.497 e. The Morgan fingerprint density at radius 3 is 2.55 bits per heavy atom. The molecule has 0 aliphatic rings. The van der Waals surface area contributed by atoms with Crippen molar-refractivity contribution in [3.05, 3.63) is 23.8 Å². The number of likely N-dealkylation sites (N-methyl/N-ethyl adjacent to an activating group) is 1. The molecular formula is C14H23ClN2O3. The first-order chi connectivity index (χ1) is 9.21. The highest BCUT2D eigenvalue weighted by Crippen LogP contribution is 2.24. The second-order valence-corrected chi connectivity index (χ2v) is 4.13. The van der Waals surface area contributed by atoms with Crippen LogP contribution in [0.2, 0.25) is 0 Å². The number of benzene rings is 1. The summed E-state index contributed by atoms with van der Waals surface area (Å²) in [6, 6.07) is 5.60. The molecule has 5 nitrogen and oxygen atoms in total. The van der Waals surface area contributed by atoms with Gasteiger partial charge in [0.15, 0.2) is 0 Å². The van der Waals surface area contributed by atoms with Crippen LogP contribution in [0.5, 0.6) is 11.5 Å². The van der Waals surface area contributed by atoms with E-state index in [0.29, 0.717) is 19.4 Å². The summed E-state index contributed by atoms with van der Waals surface area (Å²) in [5.74, 6) is 1.59. The number of hydrogen-bond donors (Lipinski definition) is 2. The molecule has 1 rings (SSSR count). The molecule has 0 unspecified atom stereocenters. The molecule has 114 valence electrons. The molecule has 0 radical (unpaired) electrons. The normalized spacial score (nSPS) is 9.55. The molecule has 0 saturated heterocycles. The standard InChI is InChI=1S/C14H22N2O3.ClH/c1-15-8-9-16-14(17)7-4-11-10-12(18-2)5-6-13(11)19-3;/h5-6,10,15H,4,7-9H2,1-3H3,(H,16,17);1H. The lowest BCUT2D eigenvalue weighted by Crippen LogP contribution is -2.30. The lowest BCUT2D eigenvalue weighted by molar-refractivity contribution is -0.121. The summed E-state index contributed by atoms with van der Waals surface area (Å²) >= 11 is 0. The predicted molar refractivity (Wildman–Crippen MR) is 82.1 cm³/mol. The SMILES string of the molecule is CNCCNC(=O)CCc1cc(OC)ccc1OC.Cl. The maximum Gasteiger partial charge on any atom is 0.220 e. The van der Waals surface area contributed by atoms with Crippen molar-refractivity contribution in [1.29, 1.82) is 0 Å². The minimum Gasteiger partial charge on any atom is -0.497 e. The van der Waals surface area contributed by atoms with Crippen molar-refractivity contribution < 1.29 is 14.3 Å². The molecule has 0 aliphatic carbocycles. The van der Waals surface area contributed by atoms with Gasteiger partial charge in [0.25, 0.3) is 0 Å². The molecule has 2 N–H and O–H groups in total. The van der Waals surface area contributed by atoms with E-state index >= 15 is 0 Å². The molecule has 1 aromatic rings. The van der Waals surface area contributed by atoms with Gasteiger partial charge in [-0.25, -0.2) is 0 Å². The number of amides is 1. The third kappa shape index (κ3) is 6.12. The van der Waals surface area contributed by atoms with Crippen LogP contribution in [0.1, 0.15) is 12.0 Å². The topological polar surface area (TPSA) is 59.6 Å². The molecule has 0 saturated carbocycles. The third-order valence-corrected chi connectivity index (χ3v) is 2.81. The first kappa shape index (κ1) is 18.5. The molecule has 6 heteroatoms. The molecule has 0 fully saturated rings. The average molecular weight is 303 g/mol. The number of methoxy groups -OCH3 is 2. The Labute approximate surface area is 126 Å². The fourth-order valence-corrected chi connectivity index (χ4v) is 1.74. The van der Waals surface area contributed by atoms with E-state index in [-0.39, 0.29) is 18.3 Å². The molecule has 0 aliphatic heterocycles. The lowest BCUT2D eigenvalue weighted by atomic mass is 10.1. The summed E-state index contributed by atoms with van der Waals surface area (Å²) in [4.78, 5) is 11.6. The minimum atomic E-state index is 0. The summed E-state index contributed by atoms with van der Waals surface area (Å²) in [6.07, 6.45) is 1.07. The van der Waals surface area contributed by atoms with Crippen molar-refractivity contribution in [2.75, 3.05) is 34.4 Å². The monoisotopic (exact) mass is 302 g/mol. The van der Waals surface area contributed by atoms with E-state index in [1.807, 2.05) is 25.2 Å². The van der Waals surface area contributed by atoms with Gasteiger partial charge in [-0.3, -0.25) is 4.79 Å². The quantitative estimate of drug-likeness (QED) is 0.713. The number of carbonyl (C=O) groups excluding carboxylic acids is 1. The van der Waals surface area contributed by atoms with E-state index in [4.69, 9.17) is 9.47 Å². The summed E-state index contributed by atoms with van der Waals surface area (Å²) in [6.45, 7) is 1.42. The minimum absolute atomic E-state index is 0. The van der Waals surface area contributed by atoms with Crippen molar-refractivity contribution in [2.24, 2.45) is 0 Å². The maximum absolute atomic E-state index is 11.6. The van der Waals surface area contributed by atoms with E-state index in [1.165, 1.54) is 0 Å². The second kappa shape index (κ2) is 10.3. The van der Waals surface area contributed by atoms with Gasteiger partial charge in [-0.1, -0.05) is 0 Å². The molecule has 0 aromatic heterocycles. The van der Waals surface area contributed by atoms with Gasteiger partial charge in [0.1, 0.15) is 11.5 Å². The molecular weight excluding hydrogens is 280 g/mol. The van der Waals surface area contributed by atoms with Crippen LogP contribution in [0.25, 0.3) is 0 Å². The van der Waals surface area contributed by atoms with Crippen molar-refractivity contribution in [1.82, 2.24) is 10.6 Å². The zero-order valence-electron chi connectivity index (χ0n) is 12.2. The van der Waals surface area contributed by atoms with Crippen molar-refractivity contribution in [2.45, 2.75) is 12.8 Å². The van der Waals surface area contributed by atoms with E-state index in [0.717, 1.165) is 23.6 Å². The first-order valence-electron chi connectivity index (χ1n) is 6.33. The number of rotatable bonds is 8. The van der Waals surface area contributed by atoms with E-state index in [2.05, 4.69) is 10.6 Å². The molecule has 0 heterocycles. The highest BCUT2D eigenvalue weighted by molar-refractivity contribution is 5.85. The van der Waals surface area contributed by atoms with E-state index < -0.39 is 0 Å². The summed E-state index contributed by atoms with van der Waals surface area (Å²) in [5.41, 5.74) is 0.977. The van der Waals surface area contributed by atoms with Crippen LogP contribution in [-0.4, -0.2) is 40.3 Å². The average Bonchev–Trinajstić information content (AvgIpc) is 2.45. The van der Waals surface area contributed by atoms with Crippen LogP contribution in [0.3, 0.4) is 0 Å². The Morgan fingerprint density at radius 1 is 1.20 bits per heavy atom. The molecule has 1 aromatic carbocycles. The Balaban J connectivity index is 0.00000361. The molecule has 0 atom stereocenters. The number of ether oxygens (including phenoxy) is 2.